The Hall–Kier alpha value is -2.78. The third kappa shape index (κ3) is 22.6. The molecule has 0 fully saturated rings. The fourth-order valence-corrected chi connectivity index (χ4v) is 7.94. The molecule has 2 aliphatic rings. The zero-order chi connectivity index (χ0) is 39.7. The van der Waals surface area contributed by atoms with Crippen LogP contribution in [0.15, 0.2) is 94.2 Å². The Morgan fingerprint density at radius 3 is 1.65 bits per heavy atom. The lowest BCUT2D eigenvalue weighted by atomic mass is 9.82. The number of Topliss-reactive ketones (excluding diaryl/α,β-unsaturated/α-hetero) is 2. The van der Waals surface area contributed by atoms with E-state index >= 15 is 0 Å². The highest BCUT2D eigenvalue weighted by molar-refractivity contribution is 5.82. The van der Waals surface area contributed by atoms with Crippen molar-refractivity contribution < 1.29 is 9.59 Å². The van der Waals surface area contributed by atoms with Crippen molar-refractivity contribution in [1.29, 1.82) is 0 Å². The highest BCUT2D eigenvalue weighted by Gasteiger charge is 2.21. The molecule has 2 atom stereocenters. The molecule has 0 aromatic rings. The quantitative estimate of drug-likeness (QED) is 0.0592. The van der Waals surface area contributed by atoms with Crippen LogP contribution in [0.3, 0.4) is 0 Å². The van der Waals surface area contributed by atoms with Crippen LogP contribution in [0.1, 0.15) is 183 Å². The van der Waals surface area contributed by atoms with Crippen LogP contribution in [0.4, 0.5) is 0 Å². The minimum Gasteiger partial charge on any atom is -0.299 e. The highest BCUT2D eigenvalue weighted by atomic mass is 16.1. The van der Waals surface area contributed by atoms with Crippen LogP contribution in [0.25, 0.3) is 0 Å². The molecule has 2 rings (SSSR count). The van der Waals surface area contributed by atoms with Gasteiger partial charge in [-0.25, -0.2) is 0 Å². The summed E-state index contributed by atoms with van der Waals surface area (Å²) in [7, 11) is 2.02. The zero-order valence-corrected chi connectivity index (χ0v) is 36.3. The van der Waals surface area contributed by atoms with E-state index < -0.39 is 0 Å². The van der Waals surface area contributed by atoms with Crippen LogP contribution in [0, 0.1) is 11.8 Å². The minimum atomic E-state index is 0.175. The number of likely N-dealkylation sites (N-methyl/N-ethyl adjacent to an activating group) is 1. The molecule has 0 aromatic carbocycles. The number of nitrogens with zero attached hydrogens (tertiary/aromatic N) is 1. The van der Waals surface area contributed by atoms with Gasteiger partial charge in [-0.05, 0) is 183 Å². The number of allylic oxidation sites excluding steroid dienone is 13. The minimum absolute atomic E-state index is 0.175. The lowest BCUT2D eigenvalue weighted by Crippen LogP contribution is -2.27. The Balaban J connectivity index is 1.51. The van der Waals surface area contributed by atoms with E-state index in [1.54, 1.807) is 5.57 Å². The Labute approximate surface area is 334 Å². The topological polar surface area (TPSA) is 37.4 Å². The van der Waals surface area contributed by atoms with E-state index in [0.717, 1.165) is 103 Å². The van der Waals surface area contributed by atoms with Gasteiger partial charge in [-0.1, -0.05) is 94.2 Å². The summed E-state index contributed by atoms with van der Waals surface area (Å²) in [6.45, 7) is 23.2. The number of hydrogen-bond donors (Lipinski definition) is 0. The second-order valence-electron chi connectivity index (χ2n) is 17.5. The van der Waals surface area contributed by atoms with Crippen molar-refractivity contribution in [3.8, 4) is 0 Å². The molecular weight excluding hydrogens is 659 g/mol. The molecule has 0 aromatic heterocycles. The standard InChI is InChI=1S/C51H81NO2/c1-40(2)18-14-21-42(5)23-16-26-46-30-34-48(35-31-46)45(8)25-11-10-20-44(7)38-52(9)39-50(53)28-12-13-29-51(54)49-36-32-47(33-37-49)27-17-24-43(6)22-15-19-41(3)4/h18-19,23-24,30,32,48-49H,7-8,10-17,20-22,25-29,31,33-39H2,1-6,9H3/b42-23+,43-24+. The van der Waals surface area contributed by atoms with Crippen molar-refractivity contribution >= 4 is 11.6 Å². The van der Waals surface area contributed by atoms with Crippen molar-refractivity contribution in [1.82, 2.24) is 4.90 Å². The molecule has 2 unspecified atom stereocenters. The molecule has 0 saturated carbocycles. The summed E-state index contributed by atoms with van der Waals surface area (Å²) < 4.78 is 0. The maximum absolute atomic E-state index is 12.9. The van der Waals surface area contributed by atoms with Crippen LogP contribution in [-0.4, -0.2) is 36.6 Å². The predicted octanol–water partition coefficient (Wildman–Crippen LogP) is 14.7. The van der Waals surface area contributed by atoms with Crippen molar-refractivity contribution in [3.63, 3.8) is 0 Å². The SMILES string of the molecule is C=C(CCCCC(=C)C1CC=C(CC/C=C(\C)CCC=C(C)C)CC1)CN(C)CC(=O)CCCCC(=O)C1CC=C(CC/C=C(\C)CCC=C(C)C)CC1. The van der Waals surface area contributed by atoms with Gasteiger partial charge in [-0.3, -0.25) is 14.5 Å². The van der Waals surface area contributed by atoms with E-state index in [2.05, 4.69) is 96.1 Å². The summed E-state index contributed by atoms with van der Waals surface area (Å²) in [5.74, 6) is 1.48. The predicted molar refractivity (Wildman–Crippen MR) is 237 cm³/mol. The number of ketones is 2. The number of carbonyl (C=O) groups is 2. The average molecular weight is 740 g/mol. The van der Waals surface area contributed by atoms with Gasteiger partial charge in [0.2, 0.25) is 0 Å². The van der Waals surface area contributed by atoms with E-state index in [1.807, 2.05) is 7.05 Å². The van der Waals surface area contributed by atoms with E-state index in [9.17, 15) is 9.59 Å². The van der Waals surface area contributed by atoms with E-state index in [1.165, 1.54) is 71.1 Å². The van der Waals surface area contributed by atoms with Crippen molar-refractivity contribution in [3.05, 3.63) is 94.2 Å². The van der Waals surface area contributed by atoms with Gasteiger partial charge >= 0.3 is 0 Å². The number of carbonyl (C=O) groups excluding carboxylic acids is 2. The molecule has 3 nitrogen and oxygen atoms in total. The molecule has 0 aliphatic heterocycles. The summed E-state index contributed by atoms with van der Waals surface area (Å²) >= 11 is 0. The van der Waals surface area contributed by atoms with Gasteiger partial charge in [0.05, 0.1) is 6.54 Å². The normalized spacial score (nSPS) is 17.9. The number of rotatable bonds is 28. The first-order valence-corrected chi connectivity index (χ1v) is 21.8. The average Bonchev–Trinajstić information content (AvgIpc) is 3.12. The zero-order valence-electron chi connectivity index (χ0n) is 36.3. The molecule has 0 radical (unpaired) electrons. The second-order valence-corrected chi connectivity index (χ2v) is 17.5. The monoisotopic (exact) mass is 740 g/mol. The number of hydrogen-bond acceptors (Lipinski definition) is 3. The van der Waals surface area contributed by atoms with Crippen LogP contribution in [-0.2, 0) is 9.59 Å². The molecule has 0 N–H and O–H groups in total. The molecule has 54 heavy (non-hydrogen) atoms. The van der Waals surface area contributed by atoms with Gasteiger partial charge in [-0.2, -0.15) is 0 Å². The maximum atomic E-state index is 12.9. The third-order valence-corrected chi connectivity index (χ3v) is 11.5. The van der Waals surface area contributed by atoms with Gasteiger partial charge < -0.3 is 0 Å². The Morgan fingerprint density at radius 1 is 0.630 bits per heavy atom. The molecule has 302 valence electrons. The van der Waals surface area contributed by atoms with Crippen LogP contribution < -0.4 is 0 Å². The summed E-state index contributed by atoms with van der Waals surface area (Å²) in [4.78, 5) is 27.6. The first-order valence-electron chi connectivity index (χ1n) is 21.8. The summed E-state index contributed by atoms with van der Waals surface area (Å²) in [6, 6.07) is 0. The van der Waals surface area contributed by atoms with E-state index in [0.29, 0.717) is 31.1 Å². The largest absolute Gasteiger partial charge is 0.299 e. The van der Waals surface area contributed by atoms with Gasteiger partial charge in [0.15, 0.2) is 0 Å². The van der Waals surface area contributed by atoms with Gasteiger partial charge in [0, 0.05) is 25.3 Å². The van der Waals surface area contributed by atoms with Crippen molar-refractivity contribution in [2.24, 2.45) is 11.8 Å². The molecule has 0 bridgehead atoms. The van der Waals surface area contributed by atoms with Crippen molar-refractivity contribution in [2.45, 2.75) is 183 Å². The molecule has 0 heterocycles. The van der Waals surface area contributed by atoms with Crippen molar-refractivity contribution in [2.75, 3.05) is 20.1 Å². The Kier molecular flexibility index (Phi) is 24.3. The third-order valence-electron chi connectivity index (χ3n) is 11.5. The second kappa shape index (κ2) is 27.7. The molecule has 0 amide bonds. The van der Waals surface area contributed by atoms with Crippen LogP contribution in [0.5, 0.6) is 0 Å². The van der Waals surface area contributed by atoms with E-state index in [-0.39, 0.29) is 11.7 Å². The molecule has 3 heteroatoms. The molecular formula is C51H81NO2. The van der Waals surface area contributed by atoms with E-state index in [4.69, 9.17) is 0 Å². The summed E-state index contributed by atoms with van der Waals surface area (Å²) in [6.07, 6.45) is 37.4. The maximum Gasteiger partial charge on any atom is 0.146 e. The van der Waals surface area contributed by atoms with Crippen LogP contribution >= 0.6 is 0 Å². The summed E-state index contributed by atoms with van der Waals surface area (Å²) in [5, 5.41) is 0. The lowest BCUT2D eigenvalue weighted by Gasteiger charge is -2.24. The summed E-state index contributed by atoms with van der Waals surface area (Å²) in [5.41, 5.74) is 11.6. The smallest absolute Gasteiger partial charge is 0.146 e. The molecule has 0 saturated heterocycles. The van der Waals surface area contributed by atoms with Crippen LogP contribution in [0.2, 0.25) is 0 Å². The fraction of sp³-hybridized carbons (Fsp3) is 0.647. The first kappa shape index (κ1) is 47.4. The first-order chi connectivity index (χ1) is 25.8. The molecule has 0 spiro atoms. The lowest BCUT2D eigenvalue weighted by molar-refractivity contribution is -0.124. The van der Waals surface area contributed by atoms with Gasteiger partial charge in [0.25, 0.3) is 0 Å². The highest BCUT2D eigenvalue weighted by Crippen LogP contribution is 2.33. The van der Waals surface area contributed by atoms with Gasteiger partial charge in [0.1, 0.15) is 11.6 Å². The van der Waals surface area contributed by atoms with Gasteiger partial charge in [-0.15, -0.1) is 0 Å². The molecule has 2 aliphatic carbocycles. The number of unbranched alkanes of at least 4 members (excludes halogenated alkanes) is 2. The Bertz CT molecular complexity index is 1270. The Morgan fingerprint density at radius 2 is 1.13 bits per heavy atom. The fourth-order valence-electron chi connectivity index (χ4n) is 7.94.